The van der Waals surface area contributed by atoms with Gasteiger partial charge in [0, 0.05) is 39.1 Å². The number of hydrogen-bond acceptors (Lipinski definition) is 4. The lowest BCUT2D eigenvalue weighted by Crippen LogP contribution is -2.49. The number of rotatable bonds is 5. The summed E-state index contributed by atoms with van der Waals surface area (Å²) < 4.78 is 0. The summed E-state index contributed by atoms with van der Waals surface area (Å²) in [5.41, 5.74) is 0. The van der Waals surface area contributed by atoms with Gasteiger partial charge in [-0.25, -0.2) is 0 Å². The molecule has 2 aliphatic heterocycles. The predicted octanol–water partition coefficient (Wildman–Crippen LogP) is 0.149. The largest absolute Gasteiger partial charge is 0.395 e. The zero-order valence-electron chi connectivity index (χ0n) is 12.7. The predicted molar refractivity (Wildman–Crippen MR) is 79.5 cm³/mol. The monoisotopic (exact) mass is 283 g/mol. The van der Waals surface area contributed by atoms with Crippen LogP contribution in [0.2, 0.25) is 0 Å². The fourth-order valence-corrected chi connectivity index (χ4v) is 3.35. The molecule has 2 heterocycles. The van der Waals surface area contributed by atoms with Crippen molar-refractivity contribution in [2.45, 2.75) is 26.2 Å². The average Bonchev–Trinajstić information content (AvgIpc) is 2.49. The molecule has 2 aliphatic rings. The molecule has 1 amide bonds. The van der Waals surface area contributed by atoms with Gasteiger partial charge in [-0.15, -0.1) is 0 Å². The van der Waals surface area contributed by atoms with Crippen molar-refractivity contribution in [3.05, 3.63) is 0 Å². The summed E-state index contributed by atoms with van der Waals surface area (Å²) in [6.07, 6.45) is 3.11. The van der Waals surface area contributed by atoms with Crippen molar-refractivity contribution in [3.8, 4) is 0 Å². The zero-order chi connectivity index (χ0) is 14.4. The summed E-state index contributed by atoms with van der Waals surface area (Å²) in [5, 5.41) is 12.3. The first-order valence-electron chi connectivity index (χ1n) is 8.02. The van der Waals surface area contributed by atoms with Gasteiger partial charge in [0.15, 0.2) is 0 Å². The Morgan fingerprint density at radius 1 is 1.25 bits per heavy atom. The maximum atomic E-state index is 12.4. The fraction of sp³-hybridized carbons (Fsp3) is 0.933. The van der Waals surface area contributed by atoms with Gasteiger partial charge in [0.05, 0.1) is 6.61 Å². The smallest absolute Gasteiger partial charge is 0.222 e. The van der Waals surface area contributed by atoms with Crippen LogP contribution in [0, 0.1) is 11.8 Å². The highest BCUT2D eigenvalue weighted by molar-refractivity contribution is 5.76. The maximum absolute atomic E-state index is 12.4. The normalized spacial score (nSPS) is 23.8. The molecule has 5 heteroatoms. The lowest BCUT2D eigenvalue weighted by atomic mass is 9.84. The Bertz CT molecular complexity index is 297. The van der Waals surface area contributed by atoms with Crippen LogP contribution in [0.25, 0.3) is 0 Å². The molecule has 1 atom stereocenters. The van der Waals surface area contributed by atoms with Crippen LogP contribution < -0.4 is 5.32 Å². The third-order valence-corrected chi connectivity index (χ3v) is 4.83. The molecule has 0 aromatic carbocycles. The van der Waals surface area contributed by atoms with E-state index in [1.807, 2.05) is 4.90 Å². The van der Waals surface area contributed by atoms with Gasteiger partial charge in [0.25, 0.3) is 0 Å². The minimum atomic E-state index is 0.209. The van der Waals surface area contributed by atoms with Crippen molar-refractivity contribution >= 4 is 5.91 Å². The number of aliphatic hydroxyl groups is 1. The molecular formula is C15H29N3O2. The van der Waals surface area contributed by atoms with Crippen molar-refractivity contribution in [3.63, 3.8) is 0 Å². The van der Waals surface area contributed by atoms with Crippen LogP contribution in [0.1, 0.15) is 26.2 Å². The van der Waals surface area contributed by atoms with Gasteiger partial charge < -0.3 is 15.3 Å². The Hall–Kier alpha value is -0.650. The van der Waals surface area contributed by atoms with Crippen molar-refractivity contribution in [2.24, 2.45) is 11.8 Å². The molecule has 0 saturated carbocycles. The molecule has 0 radical (unpaired) electrons. The lowest BCUT2D eigenvalue weighted by Gasteiger charge is -2.36. The molecule has 0 spiro atoms. The molecule has 0 bridgehead atoms. The Kier molecular flexibility index (Phi) is 6.26. The van der Waals surface area contributed by atoms with Gasteiger partial charge >= 0.3 is 0 Å². The average molecular weight is 283 g/mol. The number of carbonyl (C=O) groups excluding carboxylic acids is 1. The van der Waals surface area contributed by atoms with Crippen molar-refractivity contribution in [2.75, 3.05) is 52.4 Å². The quantitative estimate of drug-likeness (QED) is 0.754. The summed E-state index contributed by atoms with van der Waals surface area (Å²) in [7, 11) is 0. The molecule has 0 aromatic heterocycles. The Morgan fingerprint density at radius 2 is 1.90 bits per heavy atom. The molecule has 2 fully saturated rings. The number of piperazine rings is 1. The topological polar surface area (TPSA) is 55.8 Å². The van der Waals surface area contributed by atoms with Gasteiger partial charge in [-0.05, 0) is 37.8 Å². The van der Waals surface area contributed by atoms with E-state index < -0.39 is 0 Å². The van der Waals surface area contributed by atoms with Crippen molar-refractivity contribution in [1.82, 2.24) is 15.1 Å². The van der Waals surface area contributed by atoms with Gasteiger partial charge in [-0.3, -0.25) is 9.69 Å². The van der Waals surface area contributed by atoms with E-state index in [0.717, 1.165) is 45.8 Å². The van der Waals surface area contributed by atoms with Crippen LogP contribution in [-0.2, 0) is 4.79 Å². The van der Waals surface area contributed by atoms with E-state index in [1.165, 1.54) is 12.8 Å². The number of nitrogens with one attached hydrogen (secondary N) is 1. The SMILES string of the molecule is CC(CC(=O)N1CCN(CCO)CC1)C1CCNCC1. The third kappa shape index (κ3) is 4.43. The van der Waals surface area contributed by atoms with E-state index in [-0.39, 0.29) is 6.61 Å². The molecule has 116 valence electrons. The Balaban J connectivity index is 1.71. The third-order valence-electron chi connectivity index (χ3n) is 4.83. The highest BCUT2D eigenvalue weighted by atomic mass is 16.3. The van der Waals surface area contributed by atoms with Crippen LogP contribution >= 0.6 is 0 Å². The number of β-amino-alcohol motifs (C(OH)–C–C–N with tert-alkyl or cyclic N) is 1. The van der Waals surface area contributed by atoms with Gasteiger partial charge in [-0.2, -0.15) is 0 Å². The van der Waals surface area contributed by atoms with E-state index in [2.05, 4.69) is 17.1 Å². The van der Waals surface area contributed by atoms with Crippen molar-refractivity contribution < 1.29 is 9.90 Å². The lowest BCUT2D eigenvalue weighted by molar-refractivity contribution is -0.134. The second kappa shape index (κ2) is 7.96. The number of amides is 1. The number of hydrogen-bond donors (Lipinski definition) is 2. The number of piperidine rings is 1. The summed E-state index contributed by atoms with van der Waals surface area (Å²) in [6, 6.07) is 0. The van der Waals surface area contributed by atoms with Gasteiger partial charge in [-0.1, -0.05) is 6.92 Å². The van der Waals surface area contributed by atoms with E-state index in [0.29, 0.717) is 24.2 Å². The molecule has 2 N–H and O–H groups in total. The van der Waals surface area contributed by atoms with Crippen molar-refractivity contribution in [1.29, 1.82) is 0 Å². The van der Waals surface area contributed by atoms with Crippen LogP contribution in [-0.4, -0.2) is 73.2 Å². The highest BCUT2D eigenvalue weighted by Gasteiger charge is 2.26. The highest BCUT2D eigenvalue weighted by Crippen LogP contribution is 2.25. The van der Waals surface area contributed by atoms with E-state index in [1.54, 1.807) is 0 Å². The zero-order valence-corrected chi connectivity index (χ0v) is 12.7. The summed E-state index contributed by atoms with van der Waals surface area (Å²) in [4.78, 5) is 16.6. The van der Waals surface area contributed by atoms with E-state index in [4.69, 9.17) is 5.11 Å². The maximum Gasteiger partial charge on any atom is 0.222 e. The standard InChI is InChI=1S/C15H29N3O2/c1-13(14-2-4-16-5-3-14)12-15(20)18-8-6-17(7-9-18)10-11-19/h13-14,16,19H,2-12H2,1H3. The van der Waals surface area contributed by atoms with Crippen LogP contribution in [0.3, 0.4) is 0 Å². The summed E-state index contributed by atoms with van der Waals surface area (Å²) in [6.45, 7) is 8.80. The molecule has 1 unspecified atom stereocenters. The molecule has 0 aliphatic carbocycles. The number of nitrogens with zero attached hydrogens (tertiary/aromatic N) is 2. The van der Waals surface area contributed by atoms with Gasteiger partial charge in [0.1, 0.15) is 0 Å². The first-order chi connectivity index (χ1) is 9.70. The minimum Gasteiger partial charge on any atom is -0.395 e. The first kappa shape index (κ1) is 15.7. The Labute approximate surface area is 122 Å². The molecule has 5 nitrogen and oxygen atoms in total. The number of carbonyl (C=O) groups is 1. The molecule has 20 heavy (non-hydrogen) atoms. The van der Waals surface area contributed by atoms with Crippen LogP contribution in [0.4, 0.5) is 0 Å². The minimum absolute atomic E-state index is 0.209. The molecule has 2 saturated heterocycles. The van der Waals surface area contributed by atoms with Crippen LogP contribution in [0.5, 0.6) is 0 Å². The van der Waals surface area contributed by atoms with Crippen LogP contribution in [0.15, 0.2) is 0 Å². The van der Waals surface area contributed by atoms with Gasteiger partial charge in [0.2, 0.25) is 5.91 Å². The number of aliphatic hydroxyl groups excluding tert-OH is 1. The molecular weight excluding hydrogens is 254 g/mol. The first-order valence-corrected chi connectivity index (χ1v) is 8.02. The summed E-state index contributed by atoms with van der Waals surface area (Å²) >= 11 is 0. The fourth-order valence-electron chi connectivity index (χ4n) is 3.35. The second-order valence-electron chi connectivity index (χ2n) is 6.21. The van der Waals surface area contributed by atoms with E-state index in [9.17, 15) is 4.79 Å². The van der Waals surface area contributed by atoms with E-state index >= 15 is 0 Å². The Morgan fingerprint density at radius 3 is 2.50 bits per heavy atom. The molecule has 0 aromatic rings. The summed E-state index contributed by atoms with van der Waals surface area (Å²) in [5.74, 6) is 1.52. The second-order valence-corrected chi connectivity index (χ2v) is 6.21. The molecule has 2 rings (SSSR count).